The first kappa shape index (κ1) is 24.3. The van der Waals surface area contributed by atoms with Crippen LogP contribution in [0.25, 0.3) is 11.4 Å². The zero-order chi connectivity index (χ0) is 25.5. The van der Waals surface area contributed by atoms with Crippen molar-refractivity contribution in [3.63, 3.8) is 0 Å². The highest BCUT2D eigenvalue weighted by atomic mass is 16.5. The molecule has 1 aliphatic rings. The minimum atomic E-state index is -0.246. The molecule has 0 unspecified atom stereocenters. The number of likely N-dealkylation sites (tertiary alicyclic amines) is 1. The van der Waals surface area contributed by atoms with Crippen LogP contribution in [-0.2, 0) is 17.9 Å². The van der Waals surface area contributed by atoms with Crippen molar-refractivity contribution in [3.05, 3.63) is 96.1 Å². The number of benzene rings is 2. The van der Waals surface area contributed by atoms with Crippen molar-refractivity contribution in [1.82, 2.24) is 25.3 Å². The average Bonchev–Trinajstić information content (AvgIpc) is 3.42. The smallest absolute Gasteiger partial charge is 0.253 e. The van der Waals surface area contributed by atoms with Crippen molar-refractivity contribution >= 4 is 17.5 Å². The normalized spacial score (nSPS) is 14.3. The highest BCUT2D eigenvalue weighted by molar-refractivity contribution is 6.04. The number of carbonyl (C=O) groups is 2. The minimum Gasteiger partial charge on any atom is -0.348 e. The Morgan fingerprint density at radius 3 is 2.54 bits per heavy atom. The second-order valence-corrected chi connectivity index (χ2v) is 9.01. The number of hydrogen-bond donors (Lipinski definition) is 2. The van der Waals surface area contributed by atoms with E-state index in [1.807, 2.05) is 48.5 Å². The molecule has 0 spiro atoms. The van der Waals surface area contributed by atoms with Gasteiger partial charge >= 0.3 is 0 Å². The van der Waals surface area contributed by atoms with Gasteiger partial charge in [0, 0.05) is 30.4 Å². The van der Waals surface area contributed by atoms with E-state index in [1.54, 1.807) is 30.6 Å². The van der Waals surface area contributed by atoms with Crippen LogP contribution in [0.15, 0.2) is 83.6 Å². The lowest BCUT2D eigenvalue weighted by molar-refractivity contribution is -0.121. The summed E-state index contributed by atoms with van der Waals surface area (Å²) >= 11 is 0. The molecule has 5 rings (SSSR count). The van der Waals surface area contributed by atoms with Gasteiger partial charge in [-0.25, -0.2) is 0 Å². The largest absolute Gasteiger partial charge is 0.348 e. The Bertz CT molecular complexity index is 1330. The Labute approximate surface area is 214 Å². The Morgan fingerprint density at radius 2 is 1.76 bits per heavy atom. The number of piperidine rings is 1. The Hall–Kier alpha value is -4.37. The summed E-state index contributed by atoms with van der Waals surface area (Å²) in [6, 6.07) is 20.5. The van der Waals surface area contributed by atoms with E-state index in [0.717, 1.165) is 24.2 Å². The predicted molar refractivity (Wildman–Crippen MR) is 138 cm³/mol. The summed E-state index contributed by atoms with van der Waals surface area (Å²) in [7, 11) is 0. The van der Waals surface area contributed by atoms with Crippen molar-refractivity contribution < 1.29 is 14.1 Å². The molecule has 0 atom stereocenters. The number of anilines is 1. The molecule has 2 aromatic carbocycles. The second kappa shape index (κ2) is 11.6. The first-order valence-corrected chi connectivity index (χ1v) is 12.3. The molecule has 1 fully saturated rings. The fourth-order valence-electron chi connectivity index (χ4n) is 4.37. The van der Waals surface area contributed by atoms with Gasteiger partial charge in [0.15, 0.2) is 0 Å². The van der Waals surface area contributed by atoms with Gasteiger partial charge < -0.3 is 15.2 Å². The molecule has 37 heavy (non-hydrogen) atoms. The molecule has 1 aliphatic heterocycles. The number of nitrogens with zero attached hydrogens (tertiary/aromatic N) is 4. The van der Waals surface area contributed by atoms with E-state index in [-0.39, 0.29) is 17.7 Å². The van der Waals surface area contributed by atoms with Crippen LogP contribution in [0, 0.1) is 5.92 Å². The molecule has 0 bridgehead atoms. The lowest BCUT2D eigenvalue weighted by Crippen LogP contribution is -2.38. The van der Waals surface area contributed by atoms with Crippen molar-refractivity contribution in [2.24, 2.45) is 5.92 Å². The van der Waals surface area contributed by atoms with Crippen LogP contribution >= 0.6 is 0 Å². The Morgan fingerprint density at radius 1 is 0.973 bits per heavy atom. The second-order valence-electron chi connectivity index (χ2n) is 9.01. The number of aromatic nitrogens is 3. The molecule has 0 radical (unpaired) electrons. The topological polar surface area (TPSA) is 113 Å². The van der Waals surface area contributed by atoms with Crippen molar-refractivity contribution in [1.29, 1.82) is 0 Å². The van der Waals surface area contributed by atoms with E-state index in [4.69, 9.17) is 4.52 Å². The Kier molecular flexibility index (Phi) is 7.61. The van der Waals surface area contributed by atoms with Gasteiger partial charge in [0.1, 0.15) is 0 Å². The summed E-state index contributed by atoms with van der Waals surface area (Å²) in [6.07, 6.45) is 4.82. The number of rotatable bonds is 8. The van der Waals surface area contributed by atoms with Gasteiger partial charge in [-0.1, -0.05) is 53.7 Å². The highest BCUT2D eigenvalue weighted by Crippen LogP contribution is 2.23. The fourth-order valence-corrected chi connectivity index (χ4v) is 4.37. The maximum absolute atomic E-state index is 13.0. The van der Waals surface area contributed by atoms with Crippen LogP contribution in [0.5, 0.6) is 0 Å². The third-order valence-corrected chi connectivity index (χ3v) is 6.42. The molecule has 4 aromatic rings. The van der Waals surface area contributed by atoms with Crippen LogP contribution in [-0.4, -0.2) is 44.9 Å². The molecular formula is C28H28N6O3. The van der Waals surface area contributed by atoms with Crippen molar-refractivity contribution in [2.45, 2.75) is 25.9 Å². The lowest BCUT2D eigenvalue weighted by atomic mass is 9.95. The molecule has 0 saturated carbocycles. The van der Waals surface area contributed by atoms with E-state index in [9.17, 15) is 9.59 Å². The van der Waals surface area contributed by atoms with Gasteiger partial charge in [-0.3, -0.25) is 19.5 Å². The maximum atomic E-state index is 13.0. The number of carbonyl (C=O) groups excluding carboxylic acids is 2. The van der Waals surface area contributed by atoms with E-state index in [2.05, 4.69) is 30.7 Å². The Balaban J connectivity index is 1.13. The third-order valence-electron chi connectivity index (χ3n) is 6.42. The van der Waals surface area contributed by atoms with E-state index in [1.165, 1.54) is 0 Å². The van der Waals surface area contributed by atoms with E-state index >= 15 is 0 Å². The quantitative estimate of drug-likeness (QED) is 0.380. The summed E-state index contributed by atoms with van der Waals surface area (Å²) in [6.45, 7) is 2.40. The minimum absolute atomic E-state index is 0.0729. The average molecular weight is 497 g/mol. The molecule has 1 saturated heterocycles. The van der Waals surface area contributed by atoms with Crippen molar-refractivity contribution in [3.8, 4) is 11.4 Å². The molecule has 9 nitrogen and oxygen atoms in total. The standard InChI is InChI=1S/C28H28N6O3/c35-27(31-24-11-5-4-10-23(24)28(36)30-18-20-7-6-14-29-17-20)22-12-15-34(16-13-22)19-25-32-26(33-37-25)21-8-2-1-3-9-21/h1-11,14,17,22H,12-13,15-16,18-19H2,(H,30,36)(H,31,35). The monoisotopic (exact) mass is 496 g/mol. The predicted octanol–water partition coefficient (Wildman–Crippen LogP) is 3.91. The summed E-state index contributed by atoms with van der Waals surface area (Å²) < 4.78 is 5.44. The van der Waals surface area contributed by atoms with Gasteiger partial charge in [-0.15, -0.1) is 0 Å². The van der Waals surface area contributed by atoms with Crippen molar-refractivity contribution in [2.75, 3.05) is 18.4 Å². The number of pyridine rings is 1. The number of para-hydroxylation sites is 1. The maximum Gasteiger partial charge on any atom is 0.253 e. The van der Waals surface area contributed by atoms with Crippen LogP contribution in [0.2, 0.25) is 0 Å². The van der Waals surface area contributed by atoms with Crippen LogP contribution < -0.4 is 10.6 Å². The number of nitrogens with one attached hydrogen (secondary N) is 2. The van der Waals surface area contributed by atoms with Crippen LogP contribution in [0.3, 0.4) is 0 Å². The van der Waals surface area contributed by atoms with Gasteiger partial charge in [0.2, 0.25) is 17.6 Å². The zero-order valence-electron chi connectivity index (χ0n) is 20.3. The van der Waals surface area contributed by atoms with Gasteiger partial charge in [0.25, 0.3) is 5.91 Å². The molecule has 3 heterocycles. The molecule has 188 valence electrons. The molecule has 2 N–H and O–H groups in total. The highest BCUT2D eigenvalue weighted by Gasteiger charge is 2.27. The molecule has 9 heteroatoms. The summed E-state index contributed by atoms with van der Waals surface area (Å²) in [5.74, 6) is 0.687. The summed E-state index contributed by atoms with van der Waals surface area (Å²) in [5, 5.41) is 9.95. The summed E-state index contributed by atoms with van der Waals surface area (Å²) in [5.41, 5.74) is 2.76. The first-order valence-electron chi connectivity index (χ1n) is 12.3. The van der Waals surface area contributed by atoms with E-state index in [0.29, 0.717) is 48.9 Å². The van der Waals surface area contributed by atoms with Gasteiger partial charge in [-0.2, -0.15) is 4.98 Å². The van der Waals surface area contributed by atoms with Crippen LogP contribution in [0.4, 0.5) is 5.69 Å². The first-order chi connectivity index (χ1) is 18.2. The zero-order valence-corrected chi connectivity index (χ0v) is 20.3. The third kappa shape index (κ3) is 6.25. The number of hydrogen-bond acceptors (Lipinski definition) is 7. The van der Waals surface area contributed by atoms with Gasteiger partial charge in [0.05, 0.1) is 17.8 Å². The molecule has 2 aromatic heterocycles. The lowest BCUT2D eigenvalue weighted by Gasteiger charge is -2.30. The fraction of sp³-hybridized carbons (Fsp3) is 0.250. The molecule has 0 aliphatic carbocycles. The molecule has 2 amide bonds. The van der Waals surface area contributed by atoms with E-state index < -0.39 is 0 Å². The number of amides is 2. The van der Waals surface area contributed by atoms with Crippen LogP contribution in [0.1, 0.15) is 34.7 Å². The molecular weight excluding hydrogens is 468 g/mol. The van der Waals surface area contributed by atoms with Gasteiger partial charge in [-0.05, 0) is 49.7 Å². The summed E-state index contributed by atoms with van der Waals surface area (Å²) in [4.78, 5) is 36.6. The SMILES string of the molecule is O=C(NCc1cccnc1)c1ccccc1NC(=O)C1CCN(Cc2nc(-c3ccccc3)no2)CC1.